The summed E-state index contributed by atoms with van der Waals surface area (Å²) in [7, 11) is 0. The van der Waals surface area contributed by atoms with Crippen LogP contribution in [-0.2, 0) is 4.74 Å². The number of ether oxygens (including phenoxy) is 1. The Bertz CT molecular complexity index is 582. The maximum Gasteiger partial charge on any atom is 0.189 e. The normalized spacial score (nSPS) is 30.2. The number of phenolic OH excluding ortho intramolecular Hbond substituents is 1. The number of hydrogen-bond donors (Lipinski definition) is 7. The average Bonchev–Trinajstić information content (AvgIpc) is 2.57. The summed E-state index contributed by atoms with van der Waals surface area (Å²) >= 11 is 4.99. The first kappa shape index (κ1) is 18.5. The average molecular weight is 357 g/mol. The molecular formula is C14H19N3O6S. The molecule has 0 saturated carbocycles. The minimum Gasteiger partial charge on any atom is -0.508 e. The summed E-state index contributed by atoms with van der Waals surface area (Å²) in [4.78, 5) is 0. The highest BCUT2D eigenvalue weighted by Gasteiger charge is 2.43. The summed E-state index contributed by atoms with van der Waals surface area (Å²) < 4.78 is 5.25. The third-order valence-corrected chi connectivity index (χ3v) is 3.65. The van der Waals surface area contributed by atoms with Gasteiger partial charge in [0, 0.05) is 0 Å². The molecule has 10 heteroatoms. The van der Waals surface area contributed by atoms with Gasteiger partial charge < -0.3 is 35.6 Å². The van der Waals surface area contributed by atoms with Crippen LogP contribution in [0.5, 0.6) is 5.75 Å². The molecule has 0 bridgehead atoms. The van der Waals surface area contributed by atoms with Crippen LogP contribution >= 0.6 is 12.2 Å². The molecule has 1 aliphatic heterocycles. The first-order valence-corrected chi connectivity index (χ1v) is 7.52. The number of phenols is 1. The van der Waals surface area contributed by atoms with E-state index in [9.17, 15) is 20.4 Å². The molecule has 7 N–H and O–H groups in total. The fourth-order valence-corrected chi connectivity index (χ4v) is 2.28. The zero-order valence-corrected chi connectivity index (χ0v) is 13.3. The predicted molar refractivity (Wildman–Crippen MR) is 88.3 cm³/mol. The van der Waals surface area contributed by atoms with Crippen molar-refractivity contribution in [2.45, 2.75) is 30.6 Å². The molecule has 1 aromatic carbocycles. The Hall–Kier alpha value is -1.82. The van der Waals surface area contributed by atoms with Gasteiger partial charge in [0.25, 0.3) is 0 Å². The molecule has 0 radical (unpaired) electrons. The van der Waals surface area contributed by atoms with Gasteiger partial charge in [-0.2, -0.15) is 5.10 Å². The van der Waals surface area contributed by atoms with Crippen molar-refractivity contribution in [3.05, 3.63) is 29.8 Å². The molecule has 0 aliphatic carbocycles. The molecule has 1 fully saturated rings. The first-order chi connectivity index (χ1) is 11.4. The van der Waals surface area contributed by atoms with Crippen LogP contribution in [0.15, 0.2) is 29.4 Å². The number of aromatic hydroxyl groups is 1. The van der Waals surface area contributed by atoms with Gasteiger partial charge >= 0.3 is 0 Å². The highest BCUT2D eigenvalue weighted by molar-refractivity contribution is 7.80. The van der Waals surface area contributed by atoms with E-state index in [-0.39, 0.29) is 10.9 Å². The maximum absolute atomic E-state index is 9.87. The van der Waals surface area contributed by atoms with Gasteiger partial charge in [-0.15, -0.1) is 0 Å². The van der Waals surface area contributed by atoms with E-state index in [0.717, 1.165) is 5.56 Å². The van der Waals surface area contributed by atoms with E-state index in [1.807, 2.05) is 0 Å². The Morgan fingerprint density at radius 2 is 1.83 bits per heavy atom. The van der Waals surface area contributed by atoms with Crippen molar-refractivity contribution in [2.75, 3.05) is 6.61 Å². The molecule has 1 aromatic rings. The molecular weight excluding hydrogens is 338 g/mol. The van der Waals surface area contributed by atoms with Crippen LogP contribution < -0.4 is 10.7 Å². The number of thiocarbonyl (C=S) groups is 1. The Balaban J connectivity index is 1.88. The SMILES string of the molecule is OC[C@H]1O[C@@H](NC(=S)N/N=C\c2ccc(O)cc2)[C@H](O)[C@@H](O)[C@@H]1O. The summed E-state index contributed by atoms with van der Waals surface area (Å²) in [6, 6.07) is 6.31. The zero-order valence-electron chi connectivity index (χ0n) is 12.5. The lowest BCUT2D eigenvalue weighted by Crippen LogP contribution is -2.63. The second-order valence-electron chi connectivity index (χ2n) is 5.18. The lowest BCUT2D eigenvalue weighted by molar-refractivity contribution is -0.232. The second kappa shape index (κ2) is 8.33. The van der Waals surface area contributed by atoms with Crippen LogP contribution in [0.25, 0.3) is 0 Å². The maximum atomic E-state index is 9.87. The van der Waals surface area contributed by atoms with E-state index in [1.165, 1.54) is 18.3 Å². The van der Waals surface area contributed by atoms with E-state index in [2.05, 4.69) is 15.8 Å². The fourth-order valence-electron chi connectivity index (χ4n) is 2.11. The summed E-state index contributed by atoms with van der Waals surface area (Å²) in [5.74, 6) is 0.139. The van der Waals surface area contributed by atoms with Gasteiger partial charge in [0.2, 0.25) is 0 Å². The van der Waals surface area contributed by atoms with Crippen molar-refractivity contribution < 1.29 is 30.3 Å². The summed E-state index contributed by atoms with van der Waals surface area (Å²) in [5, 5.41) is 54.0. The van der Waals surface area contributed by atoms with Gasteiger partial charge in [0.05, 0.1) is 12.8 Å². The van der Waals surface area contributed by atoms with Crippen molar-refractivity contribution in [2.24, 2.45) is 5.10 Å². The topological polar surface area (TPSA) is 147 Å². The number of aliphatic hydroxyl groups excluding tert-OH is 4. The standard InChI is InChI=1S/C14H19N3O6S/c18-6-9-10(20)11(21)12(22)13(23-9)16-14(24)17-15-5-7-1-3-8(19)4-2-7/h1-5,9-13,18-22H,6H2,(H2,16,17,24)/b15-5-/t9-,10-,11+,12-,13-/m1/s1. The second-order valence-corrected chi connectivity index (χ2v) is 5.59. The predicted octanol–water partition coefficient (Wildman–Crippen LogP) is -2.01. The molecule has 0 spiro atoms. The Morgan fingerprint density at radius 1 is 1.17 bits per heavy atom. The van der Waals surface area contributed by atoms with Crippen LogP contribution in [-0.4, -0.2) is 74.1 Å². The highest BCUT2D eigenvalue weighted by atomic mass is 32.1. The van der Waals surface area contributed by atoms with Gasteiger partial charge in [-0.1, -0.05) is 0 Å². The molecule has 0 aromatic heterocycles. The lowest BCUT2D eigenvalue weighted by atomic mass is 9.98. The highest BCUT2D eigenvalue weighted by Crippen LogP contribution is 2.19. The largest absolute Gasteiger partial charge is 0.508 e. The number of nitrogens with one attached hydrogen (secondary N) is 2. The lowest BCUT2D eigenvalue weighted by Gasteiger charge is -2.40. The smallest absolute Gasteiger partial charge is 0.189 e. The van der Waals surface area contributed by atoms with E-state index < -0.39 is 37.3 Å². The molecule has 9 nitrogen and oxygen atoms in total. The molecule has 5 atom stereocenters. The number of aliphatic hydroxyl groups is 4. The van der Waals surface area contributed by atoms with E-state index in [0.29, 0.717) is 0 Å². The minimum atomic E-state index is -1.49. The summed E-state index contributed by atoms with van der Waals surface area (Å²) in [5.41, 5.74) is 3.22. The number of rotatable bonds is 4. The van der Waals surface area contributed by atoms with Crippen LogP contribution in [0.3, 0.4) is 0 Å². The van der Waals surface area contributed by atoms with Crippen molar-refractivity contribution in [1.29, 1.82) is 0 Å². The van der Waals surface area contributed by atoms with E-state index >= 15 is 0 Å². The molecule has 1 saturated heterocycles. The first-order valence-electron chi connectivity index (χ1n) is 7.11. The van der Waals surface area contributed by atoms with Crippen molar-refractivity contribution in [1.82, 2.24) is 10.7 Å². The Kier molecular flexibility index (Phi) is 6.43. The van der Waals surface area contributed by atoms with Gasteiger partial charge in [-0.3, -0.25) is 5.43 Å². The Morgan fingerprint density at radius 3 is 2.46 bits per heavy atom. The van der Waals surface area contributed by atoms with Crippen LogP contribution in [0.1, 0.15) is 5.56 Å². The number of hydrazone groups is 1. The fraction of sp³-hybridized carbons (Fsp3) is 0.429. The minimum absolute atomic E-state index is 0.00866. The van der Waals surface area contributed by atoms with Gasteiger partial charge in [-0.25, -0.2) is 0 Å². The third kappa shape index (κ3) is 4.60. The van der Waals surface area contributed by atoms with Gasteiger partial charge in [0.15, 0.2) is 11.3 Å². The molecule has 132 valence electrons. The number of benzene rings is 1. The third-order valence-electron chi connectivity index (χ3n) is 3.44. The monoisotopic (exact) mass is 357 g/mol. The zero-order chi connectivity index (χ0) is 17.7. The van der Waals surface area contributed by atoms with Gasteiger partial charge in [-0.05, 0) is 42.0 Å². The van der Waals surface area contributed by atoms with Crippen LogP contribution in [0, 0.1) is 0 Å². The number of hydrogen-bond acceptors (Lipinski definition) is 8. The molecule has 2 rings (SSSR count). The molecule has 1 heterocycles. The van der Waals surface area contributed by atoms with Crippen molar-refractivity contribution in [3.63, 3.8) is 0 Å². The molecule has 24 heavy (non-hydrogen) atoms. The molecule has 0 unspecified atom stereocenters. The van der Waals surface area contributed by atoms with Crippen molar-refractivity contribution in [3.8, 4) is 5.75 Å². The van der Waals surface area contributed by atoms with E-state index in [4.69, 9.17) is 22.1 Å². The quantitative estimate of drug-likeness (QED) is 0.184. The van der Waals surface area contributed by atoms with E-state index in [1.54, 1.807) is 12.1 Å². The Labute approximate surface area is 143 Å². The molecule has 1 aliphatic rings. The van der Waals surface area contributed by atoms with Gasteiger partial charge in [0.1, 0.15) is 30.2 Å². The number of nitrogens with zero attached hydrogens (tertiary/aromatic N) is 1. The summed E-state index contributed by atoms with van der Waals surface area (Å²) in [6.07, 6.45) is -5.05. The summed E-state index contributed by atoms with van der Waals surface area (Å²) in [6.45, 7) is -0.525. The van der Waals surface area contributed by atoms with Crippen LogP contribution in [0.2, 0.25) is 0 Å². The molecule has 0 amide bonds. The van der Waals surface area contributed by atoms with Crippen LogP contribution in [0.4, 0.5) is 0 Å². The van der Waals surface area contributed by atoms with Crippen molar-refractivity contribution >= 4 is 23.5 Å².